The highest BCUT2D eigenvalue weighted by atomic mass is 16.3. The first-order valence-corrected chi connectivity index (χ1v) is 6.01. The maximum Gasteiger partial charge on any atom is 0.176 e. The van der Waals surface area contributed by atoms with Gasteiger partial charge in [0.25, 0.3) is 0 Å². The van der Waals surface area contributed by atoms with Crippen LogP contribution in [0.3, 0.4) is 0 Å². The van der Waals surface area contributed by atoms with E-state index in [1.54, 1.807) is 24.3 Å². The summed E-state index contributed by atoms with van der Waals surface area (Å²) >= 11 is 0. The second kappa shape index (κ2) is 4.49. The summed E-state index contributed by atoms with van der Waals surface area (Å²) in [5.41, 5.74) is 1.00. The van der Waals surface area contributed by atoms with Gasteiger partial charge in [0.2, 0.25) is 0 Å². The van der Waals surface area contributed by atoms with E-state index in [2.05, 4.69) is 18.7 Å². The molecule has 1 aliphatic rings. The predicted octanol–water partition coefficient (Wildman–Crippen LogP) is 2.31. The molecule has 0 aliphatic carbocycles. The van der Waals surface area contributed by atoms with E-state index in [1.807, 2.05) is 0 Å². The number of likely N-dealkylation sites (tertiary alicyclic amines) is 1. The normalized spacial score (nSPS) is 19.4. The predicted molar refractivity (Wildman–Crippen MR) is 67.3 cm³/mol. The standard InChI is InChI=1S/C14H19NO2/c1-14(2)7-8-15(10-14)9-13(17)11-3-5-12(16)6-4-11/h3-6,16H,7-10H2,1-2H3. The van der Waals surface area contributed by atoms with Crippen molar-refractivity contribution in [3.63, 3.8) is 0 Å². The number of rotatable bonds is 3. The molecular formula is C14H19NO2. The average Bonchev–Trinajstić information content (AvgIpc) is 2.59. The van der Waals surface area contributed by atoms with E-state index >= 15 is 0 Å². The van der Waals surface area contributed by atoms with E-state index in [9.17, 15) is 4.79 Å². The van der Waals surface area contributed by atoms with Gasteiger partial charge in [-0.15, -0.1) is 0 Å². The quantitative estimate of drug-likeness (QED) is 0.814. The maximum absolute atomic E-state index is 12.0. The number of Topliss-reactive ketones (excluding diaryl/α,β-unsaturated/α-hetero) is 1. The molecule has 1 aromatic rings. The zero-order valence-corrected chi connectivity index (χ0v) is 10.4. The molecule has 1 aliphatic heterocycles. The third kappa shape index (κ3) is 3.07. The lowest BCUT2D eigenvalue weighted by atomic mass is 9.93. The lowest BCUT2D eigenvalue weighted by Crippen LogP contribution is -2.29. The molecule has 92 valence electrons. The fraction of sp³-hybridized carbons (Fsp3) is 0.500. The molecule has 0 amide bonds. The smallest absolute Gasteiger partial charge is 0.176 e. The number of nitrogens with zero attached hydrogens (tertiary/aromatic N) is 1. The molecule has 3 nitrogen and oxygen atoms in total. The molecule has 3 heteroatoms. The van der Waals surface area contributed by atoms with E-state index in [4.69, 9.17) is 5.11 Å². The molecular weight excluding hydrogens is 214 g/mol. The Labute approximate surface area is 102 Å². The average molecular weight is 233 g/mol. The largest absolute Gasteiger partial charge is 0.508 e. The topological polar surface area (TPSA) is 40.5 Å². The van der Waals surface area contributed by atoms with Gasteiger partial charge in [0.1, 0.15) is 5.75 Å². The van der Waals surface area contributed by atoms with Crippen LogP contribution in [0, 0.1) is 5.41 Å². The number of carbonyl (C=O) groups excluding carboxylic acids is 1. The van der Waals surface area contributed by atoms with Gasteiger partial charge in [-0.3, -0.25) is 9.69 Å². The van der Waals surface area contributed by atoms with E-state index in [-0.39, 0.29) is 11.5 Å². The fourth-order valence-electron chi connectivity index (χ4n) is 2.30. The van der Waals surface area contributed by atoms with Gasteiger partial charge in [-0.1, -0.05) is 13.8 Å². The third-order valence-electron chi connectivity index (χ3n) is 3.31. The van der Waals surface area contributed by atoms with Gasteiger partial charge in [-0.25, -0.2) is 0 Å². The minimum absolute atomic E-state index is 0.128. The van der Waals surface area contributed by atoms with Gasteiger partial charge < -0.3 is 5.11 Å². The minimum atomic E-state index is 0.128. The first kappa shape index (κ1) is 12.1. The van der Waals surface area contributed by atoms with Crippen molar-refractivity contribution < 1.29 is 9.90 Å². The summed E-state index contributed by atoms with van der Waals surface area (Å²) in [5, 5.41) is 9.17. The first-order valence-electron chi connectivity index (χ1n) is 6.01. The second-order valence-electron chi connectivity index (χ2n) is 5.59. The molecule has 0 bridgehead atoms. The van der Waals surface area contributed by atoms with Gasteiger partial charge in [0.05, 0.1) is 6.54 Å². The second-order valence-corrected chi connectivity index (χ2v) is 5.59. The Balaban J connectivity index is 1.96. The number of phenolic OH excluding ortho intramolecular Hbond substituents is 1. The summed E-state index contributed by atoms with van der Waals surface area (Å²) in [6.45, 7) is 6.93. The molecule has 17 heavy (non-hydrogen) atoms. The van der Waals surface area contributed by atoms with Crippen molar-refractivity contribution in [2.45, 2.75) is 20.3 Å². The third-order valence-corrected chi connectivity index (χ3v) is 3.31. The van der Waals surface area contributed by atoms with Gasteiger partial charge in [-0.05, 0) is 42.6 Å². The highest BCUT2D eigenvalue weighted by molar-refractivity contribution is 5.97. The molecule has 1 fully saturated rings. The van der Waals surface area contributed by atoms with Crippen LogP contribution in [0.1, 0.15) is 30.6 Å². The summed E-state index contributed by atoms with van der Waals surface area (Å²) in [4.78, 5) is 14.2. The van der Waals surface area contributed by atoms with Crippen LogP contribution >= 0.6 is 0 Å². The molecule has 0 unspecified atom stereocenters. The van der Waals surface area contributed by atoms with Crippen molar-refractivity contribution in [3.8, 4) is 5.75 Å². The highest BCUT2D eigenvalue weighted by Gasteiger charge is 2.30. The van der Waals surface area contributed by atoms with Crippen molar-refractivity contribution in [1.82, 2.24) is 4.90 Å². The summed E-state index contributed by atoms with van der Waals surface area (Å²) < 4.78 is 0. The van der Waals surface area contributed by atoms with Crippen molar-refractivity contribution in [3.05, 3.63) is 29.8 Å². The number of phenols is 1. The maximum atomic E-state index is 12.0. The summed E-state index contributed by atoms with van der Waals surface area (Å²) in [7, 11) is 0. The Bertz CT molecular complexity index is 409. The summed E-state index contributed by atoms with van der Waals surface area (Å²) in [5.74, 6) is 0.326. The Morgan fingerprint density at radius 2 is 2.00 bits per heavy atom. The Morgan fingerprint density at radius 1 is 1.35 bits per heavy atom. The van der Waals surface area contributed by atoms with Crippen LogP contribution in [0.15, 0.2) is 24.3 Å². The van der Waals surface area contributed by atoms with Crippen LogP contribution < -0.4 is 0 Å². The first-order chi connectivity index (χ1) is 7.96. The monoisotopic (exact) mass is 233 g/mol. The lowest BCUT2D eigenvalue weighted by Gasteiger charge is -2.18. The van der Waals surface area contributed by atoms with Crippen LogP contribution in [0.25, 0.3) is 0 Å². The van der Waals surface area contributed by atoms with Gasteiger partial charge in [0, 0.05) is 12.1 Å². The van der Waals surface area contributed by atoms with Crippen molar-refractivity contribution in [1.29, 1.82) is 0 Å². The van der Waals surface area contributed by atoms with Crippen LogP contribution in [0.4, 0.5) is 0 Å². The minimum Gasteiger partial charge on any atom is -0.508 e. The molecule has 1 aromatic carbocycles. The Hall–Kier alpha value is -1.35. The SMILES string of the molecule is CC1(C)CCN(CC(=O)c2ccc(O)cc2)C1. The van der Waals surface area contributed by atoms with E-state index in [0.717, 1.165) is 19.5 Å². The number of carbonyl (C=O) groups is 1. The molecule has 1 saturated heterocycles. The van der Waals surface area contributed by atoms with Gasteiger partial charge in [-0.2, -0.15) is 0 Å². The van der Waals surface area contributed by atoms with Gasteiger partial charge in [0.15, 0.2) is 5.78 Å². The molecule has 0 radical (unpaired) electrons. The number of ketones is 1. The molecule has 1 N–H and O–H groups in total. The highest BCUT2D eigenvalue weighted by Crippen LogP contribution is 2.28. The fourth-order valence-corrected chi connectivity index (χ4v) is 2.30. The number of hydrogen-bond acceptors (Lipinski definition) is 3. The Morgan fingerprint density at radius 3 is 2.53 bits per heavy atom. The van der Waals surface area contributed by atoms with Crippen LogP contribution in [0.5, 0.6) is 5.75 Å². The lowest BCUT2D eigenvalue weighted by molar-refractivity contribution is 0.0940. The van der Waals surface area contributed by atoms with E-state index in [0.29, 0.717) is 17.5 Å². The molecule has 0 aromatic heterocycles. The molecule has 1 heterocycles. The zero-order chi connectivity index (χ0) is 12.5. The Kier molecular flexibility index (Phi) is 3.20. The molecule has 0 atom stereocenters. The van der Waals surface area contributed by atoms with Crippen molar-refractivity contribution >= 4 is 5.78 Å². The molecule has 0 spiro atoms. The van der Waals surface area contributed by atoms with Crippen molar-refractivity contribution in [2.75, 3.05) is 19.6 Å². The number of aromatic hydroxyl groups is 1. The van der Waals surface area contributed by atoms with Gasteiger partial charge >= 0.3 is 0 Å². The van der Waals surface area contributed by atoms with Crippen LogP contribution in [-0.4, -0.2) is 35.4 Å². The summed E-state index contributed by atoms with van der Waals surface area (Å²) in [6.07, 6.45) is 1.15. The number of hydrogen-bond donors (Lipinski definition) is 1. The van der Waals surface area contributed by atoms with E-state index < -0.39 is 0 Å². The van der Waals surface area contributed by atoms with Crippen LogP contribution in [0.2, 0.25) is 0 Å². The van der Waals surface area contributed by atoms with Crippen molar-refractivity contribution in [2.24, 2.45) is 5.41 Å². The van der Waals surface area contributed by atoms with Crippen LogP contribution in [-0.2, 0) is 0 Å². The van der Waals surface area contributed by atoms with E-state index in [1.165, 1.54) is 0 Å². The molecule has 2 rings (SSSR count). The molecule has 0 saturated carbocycles. The number of benzene rings is 1. The zero-order valence-electron chi connectivity index (χ0n) is 10.4. The summed E-state index contributed by atoms with van der Waals surface area (Å²) in [6, 6.07) is 6.47.